The van der Waals surface area contributed by atoms with Gasteiger partial charge in [0.05, 0.1) is 40.3 Å². The molecule has 0 saturated heterocycles. The molecule has 160 valence electrons. The standard InChI is InChI=1S/2C12H14O3/c2*1-14-11-6-4-3-5-8(11)9-7-10(9)12(13)15-2/h2*3-6,9-10H,7H2,1-2H3. The Morgan fingerprint density at radius 1 is 0.667 bits per heavy atom. The van der Waals surface area contributed by atoms with Crippen LogP contribution in [0.25, 0.3) is 0 Å². The summed E-state index contributed by atoms with van der Waals surface area (Å²) in [6, 6.07) is 15.6. The van der Waals surface area contributed by atoms with Crippen molar-refractivity contribution in [2.24, 2.45) is 11.8 Å². The number of ether oxygens (including phenoxy) is 4. The molecule has 0 heterocycles. The average molecular weight is 412 g/mol. The number of benzene rings is 2. The topological polar surface area (TPSA) is 71.1 Å². The van der Waals surface area contributed by atoms with Gasteiger partial charge in [0.15, 0.2) is 0 Å². The van der Waals surface area contributed by atoms with Gasteiger partial charge in [-0.05, 0) is 36.1 Å². The first-order valence-electron chi connectivity index (χ1n) is 9.97. The fourth-order valence-corrected chi connectivity index (χ4v) is 3.85. The molecule has 0 radical (unpaired) electrons. The Labute approximate surface area is 177 Å². The Kier molecular flexibility index (Phi) is 6.98. The molecule has 4 unspecified atom stereocenters. The molecule has 0 aliphatic heterocycles. The predicted molar refractivity (Wildman–Crippen MR) is 112 cm³/mol. The molecule has 4 rings (SSSR count). The minimum Gasteiger partial charge on any atom is -0.496 e. The molecule has 2 aliphatic rings. The van der Waals surface area contributed by atoms with Gasteiger partial charge in [0.2, 0.25) is 0 Å². The van der Waals surface area contributed by atoms with Gasteiger partial charge in [-0.3, -0.25) is 9.59 Å². The zero-order valence-electron chi connectivity index (χ0n) is 17.8. The van der Waals surface area contributed by atoms with Gasteiger partial charge in [0, 0.05) is 11.8 Å². The van der Waals surface area contributed by atoms with Crippen LogP contribution in [-0.4, -0.2) is 40.4 Å². The van der Waals surface area contributed by atoms with Crippen molar-refractivity contribution >= 4 is 11.9 Å². The van der Waals surface area contributed by atoms with Crippen molar-refractivity contribution in [2.75, 3.05) is 28.4 Å². The summed E-state index contributed by atoms with van der Waals surface area (Å²) >= 11 is 0. The van der Waals surface area contributed by atoms with Gasteiger partial charge < -0.3 is 18.9 Å². The van der Waals surface area contributed by atoms with Crippen LogP contribution in [-0.2, 0) is 19.1 Å². The molecular formula is C24H28O6. The van der Waals surface area contributed by atoms with Crippen LogP contribution < -0.4 is 9.47 Å². The van der Waals surface area contributed by atoms with Gasteiger partial charge in [-0.1, -0.05) is 36.4 Å². The van der Waals surface area contributed by atoms with E-state index in [1.807, 2.05) is 48.5 Å². The van der Waals surface area contributed by atoms with Crippen LogP contribution in [0.15, 0.2) is 48.5 Å². The number of carbonyl (C=O) groups excluding carboxylic acids is 2. The largest absolute Gasteiger partial charge is 0.496 e. The zero-order valence-corrected chi connectivity index (χ0v) is 17.8. The number of hydrogen-bond acceptors (Lipinski definition) is 6. The second kappa shape index (κ2) is 9.65. The van der Waals surface area contributed by atoms with E-state index in [-0.39, 0.29) is 35.6 Å². The smallest absolute Gasteiger partial charge is 0.309 e. The molecule has 30 heavy (non-hydrogen) atoms. The lowest BCUT2D eigenvalue weighted by Crippen LogP contribution is -2.04. The fraction of sp³-hybridized carbons (Fsp3) is 0.417. The van der Waals surface area contributed by atoms with Crippen molar-refractivity contribution < 1.29 is 28.5 Å². The van der Waals surface area contributed by atoms with E-state index in [0.29, 0.717) is 0 Å². The highest BCUT2D eigenvalue weighted by atomic mass is 16.5. The number of rotatable bonds is 6. The third-order valence-electron chi connectivity index (χ3n) is 5.67. The van der Waals surface area contributed by atoms with Crippen molar-refractivity contribution in [1.82, 2.24) is 0 Å². The number of para-hydroxylation sites is 2. The molecule has 0 spiro atoms. The number of carbonyl (C=O) groups is 2. The third-order valence-corrected chi connectivity index (χ3v) is 5.67. The minimum atomic E-state index is -0.120. The number of methoxy groups -OCH3 is 4. The van der Waals surface area contributed by atoms with Crippen LogP contribution in [0.1, 0.15) is 35.8 Å². The van der Waals surface area contributed by atoms with Gasteiger partial charge in [0.1, 0.15) is 11.5 Å². The Balaban J connectivity index is 0.000000171. The van der Waals surface area contributed by atoms with Crippen molar-refractivity contribution in [1.29, 1.82) is 0 Å². The highest BCUT2D eigenvalue weighted by molar-refractivity contribution is 5.78. The number of esters is 2. The van der Waals surface area contributed by atoms with E-state index < -0.39 is 0 Å². The quantitative estimate of drug-likeness (QED) is 0.669. The normalized spacial score (nSPS) is 23.3. The molecule has 2 fully saturated rings. The molecule has 0 N–H and O–H groups in total. The monoisotopic (exact) mass is 412 g/mol. The Morgan fingerprint density at radius 2 is 1.03 bits per heavy atom. The first-order valence-corrected chi connectivity index (χ1v) is 9.97. The second-order valence-corrected chi connectivity index (χ2v) is 7.43. The highest BCUT2D eigenvalue weighted by Gasteiger charge is 2.46. The molecule has 2 aromatic rings. The summed E-state index contributed by atoms with van der Waals surface area (Å²) in [4.78, 5) is 22.6. The Hall–Kier alpha value is -3.02. The van der Waals surface area contributed by atoms with Crippen molar-refractivity contribution in [3.63, 3.8) is 0 Å². The van der Waals surface area contributed by atoms with E-state index in [0.717, 1.165) is 35.5 Å². The molecule has 0 aromatic heterocycles. The molecule has 2 aromatic carbocycles. The van der Waals surface area contributed by atoms with Crippen LogP contribution in [0.4, 0.5) is 0 Å². The molecule has 6 nitrogen and oxygen atoms in total. The zero-order chi connectivity index (χ0) is 21.7. The number of hydrogen-bond donors (Lipinski definition) is 0. The molecule has 6 heteroatoms. The first kappa shape index (κ1) is 21.7. The molecule has 2 aliphatic carbocycles. The highest BCUT2D eigenvalue weighted by Crippen LogP contribution is 2.51. The first-order chi connectivity index (χ1) is 14.5. The van der Waals surface area contributed by atoms with Crippen LogP contribution in [0.3, 0.4) is 0 Å². The van der Waals surface area contributed by atoms with E-state index >= 15 is 0 Å². The lowest BCUT2D eigenvalue weighted by atomic mass is 10.1. The van der Waals surface area contributed by atoms with E-state index in [2.05, 4.69) is 0 Å². The van der Waals surface area contributed by atoms with Crippen LogP contribution >= 0.6 is 0 Å². The van der Waals surface area contributed by atoms with E-state index in [1.54, 1.807) is 14.2 Å². The van der Waals surface area contributed by atoms with E-state index in [9.17, 15) is 9.59 Å². The summed E-state index contributed by atoms with van der Waals surface area (Å²) in [5.74, 6) is 2.06. The lowest BCUT2D eigenvalue weighted by molar-refractivity contribution is -0.143. The third kappa shape index (κ3) is 4.75. The summed E-state index contributed by atoms with van der Waals surface area (Å²) in [5, 5.41) is 0. The van der Waals surface area contributed by atoms with Gasteiger partial charge in [-0.25, -0.2) is 0 Å². The summed E-state index contributed by atoms with van der Waals surface area (Å²) in [7, 11) is 6.16. The van der Waals surface area contributed by atoms with Crippen LogP contribution in [0.5, 0.6) is 11.5 Å². The Morgan fingerprint density at radius 3 is 1.37 bits per heavy atom. The maximum absolute atomic E-state index is 11.3. The van der Waals surface area contributed by atoms with Gasteiger partial charge >= 0.3 is 11.9 Å². The summed E-state index contributed by atoms with van der Waals surface area (Å²) in [5.41, 5.74) is 2.21. The molecule has 4 atom stereocenters. The molecule has 0 bridgehead atoms. The maximum atomic E-state index is 11.3. The summed E-state index contributed by atoms with van der Waals surface area (Å²) < 4.78 is 20.0. The van der Waals surface area contributed by atoms with E-state index in [1.165, 1.54) is 14.2 Å². The van der Waals surface area contributed by atoms with Crippen molar-refractivity contribution in [2.45, 2.75) is 24.7 Å². The molecular weight excluding hydrogens is 384 g/mol. The minimum absolute atomic E-state index is 0.0197. The molecule has 0 amide bonds. The summed E-state index contributed by atoms with van der Waals surface area (Å²) in [6.45, 7) is 0. The van der Waals surface area contributed by atoms with Crippen molar-refractivity contribution in [3.05, 3.63) is 59.7 Å². The van der Waals surface area contributed by atoms with Crippen molar-refractivity contribution in [3.8, 4) is 11.5 Å². The Bertz CT molecular complexity index is 819. The van der Waals surface area contributed by atoms with E-state index in [4.69, 9.17) is 18.9 Å². The maximum Gasteiger partial charge on any atom is 0.309 e. The second-order valence-electron chi connectivity index (χ2n) is 7.43. The summed E-state index contributed by atoms with van der Waals surface area (Å²) in [6.07, 6.45) is 1.74. The van der Waals surface area contributed by atoms with Gasteiger partial charge in [-0.15, -0.1) is 0 Å². The lowest BCUT2D eigenvalue weighted by Gasteiger charge is -2.06. The van der Waals surface area contributed by atoms with Gasteiger partial charge in [0.25, 0.3) is 0 Å². The van der Waals surface area contributed by atoms with Gasteiger partial charge in [-0.2, -0.15) is 0 Å². The SMILES string of the molecule is COC(=O)C1CC1c1ccccc1OC.COC(=O)C1CC1c1ccccc1OC. The molecule has 2 saturated carbocycles. The fourth-order valence-electron chi connectivity index (χ4n) is 3.85. The predicted octanol–water partition coefficient (Wildman–Crippen LogP) is 3.94. The average Bonchev–Trinajstić information content (AvgIpc) is 3.72. The van der Waals surface area contributed by atoms with Crippen LogP contribution in [0.2, 0.25) is 0 Å². The van der Waals surface area contributed by atoms with Crippen LogP contribution in [0, 0.1) is 11.8 Å².